The fraction of sp³-hybridized carbons (Fsp3) is 0.562. The monoisotopic (exact) mass is 275 g/mol. The van der Waals surface area contributed by atoms with E-state index in [9.17, 15) is 4.79 Å². The maximum Gasteiger partial charge on any atom is 0.223 e. The van der Waals surface area contributed by atoms with Crippen molar-refractivity contribution < 1.29 is 4.79 Å². The molecule has 0 radical (unpaired) electrons. The minimum absolute atomic E-state index is 0.210. The van der Waals surface area contributed by atoms with Gasteiger partial charge in [0.05, 0.1) is 6.04 Å². The van der Waals surface area contributed by atoms with Gasteiger partial charge in [-0.2, -0.15) is 0 Å². The van der Waals surface area contributed by atoms with Crippen molar-refractivity contribution in [2.45, 2.75) is 18.9 Å². The number of nitrogens with zero attached hydrogens (tertiary/aromatic N) is 2. The molecule has 20 heavy (non-hydrogen) atoms. The third kappa shape index (κ3) is 3.73. The molecule has 0 aromatic heterocycles. The highest BCUT2D eigenvalue weighted by Gasteiger charge is 2.30. The van der Waals surface area contributed by atoms with E-state index in [-0.39, 0.29) is 17.9 Å². The normalized spacial score (nSPS) is 16.1. The second kappa shape index (κ2) is 6.27. The van der Waals surface area contributed by atoms with E-state index in [1.165, 1.54) is 11.3 Å². The number of nitrogens with one attached hydrogen (secondary N) is 1. The van der Waals surface area contributed by atoms with E-state index >= 15 is 0 Å². The lowest BCUT2D eigenvalue weighted by molar-refractivity contribution is -0.122. The van der Waals surface area contributed by atoms with E-state index in [2.05, 4.69) is 39.4 Å². The Balaban J connectivity index is 2.01. The van der Waals surface area contributed by atoms with Crippen molar-refractivity contribution in [2.24, 2.45) is 5.92 Å². The predicted octanol–water partition coefficient (Wildman–Crippen LogP) is 1.88. The average molecular weight is 275 g/mol. The van der Waals surface area contributed by atoms with Crippen LogP contribution in [0.3, 0.4) is 0 Å². The zero-order valence-electron chi connectivity index (χ0n) is 12.9. The van der Waals surface area contributed by atoms with Crippen LogP contribution in [0.5, 0.6) is 0 Å². The molecular weight excluding hydrogens is 250 g/mol. The lowest BCUT2D eigenvalue weighted by atomic mass is 10.1. The second-order valence-electron chi connectivity index (χ2n) is 5.98. The van der Waals surface area contributed by atoms with E-state index < -0.39 is 0 Å². The number of carbonyl (C=O) groups is 1. The van der Waals surface area contributed by atoms with Crippen molar-refractivity contribution in [3.05, 3.63) is 29.8 Å². The van der Waals surface area contributed by atoms with Gasteiger partial charge in [0.1, 0.15) is 0 Å². The second-order valence-corrected chi connectivity index (χ2v) is 5.98. The summed E-state index contributed by atoms with van der Waals surface area (Å²) in [5, 5.41) is 3.07. The summed E-state index contributed by atoms with van der Waals surface area (Å²) in [6.45, 7) is 0.670. The molecule has 1 aromatic carbocycles. The molecule has 1 aromatic rings. The van der Waals surface area contributed by atoms with Gasteiger partial charge in [-0.05, 0) is 44.6 Å². The standard InChI is InChI=1S/C16H25N3O/c1-18(2)14-9-7-12(8-10-14)15(19(3)4)11-17-16(20)13-5-6-13/h7-10,13,15H,5-6,11H2,1-4H3,(H,17,20). The van der Waals surface area contributed by atoms with Crippen LogP contribution in [-0.4, -0.2) is 45.5 Å². The van der Waals surface area contributed by atoms with E-state index in [0.717, 1.165) is 12.8 Å². The number of benzene rings is 1. The molecule has 1 saturated carbocycles. The van der Waals surface area contributed by atoms with Crippen molar-refractivity contribution in [1.29, 1.82) is 0 Å². The Hall–Kier alpha value is -1.55. The molecule has 1 unspecified atom stereocenters. The number of likely N-dealkylation sites (N-methyl/N-ethyl adjacent to an activating group) is 1. The average Bonchev–Trinajstić information content (AvgIpc) is 3.23. The minimum atomic E-state index is 0.210. The van der Waals surface area contributed by atoms with Gasteiger partial charge in [0.15, 0.2) is 0 Å². The number of rotatable bonds is 6. The number of carbonyl (C=O) groups excluding carboxylic acids is 1. The fourth-order valence-corrected chi connectivity index (χ4v) is 2.28. The molecule has 0 aliphatic heterocycles. The first-order valence-electron chi connectivity index (χ1n) is 7.20. The summed E-state index contributed by atoms with van der Waals surface area (Å²) in [7, 11) is 8.17. The number of anilines is 1. The molecule has 1 aliphatic rings. The molecule has 1 atom stereocenters. The van der Waals surface area contributed by atoms with Crippen LogP contribution in [-0.2, 0) is 4.79 Å². The Morgan fingerprint density at radius 3 is 2.25 bits per heavy atom. The SMILES string of the molecule is CN(C)c1ccc(C(CNC(=O)C2CC2)N(C)C)cc1. The number of hydrogen-bond acceptors (Lipinski definition) is 3. The Labute approximate surface area is 121 Å². The molecule has 4 nitrogen and oxygen atoms in total. The van der Waals surface area contributed by atoms with Gasteiger partial charge in [-0.3, -0.25) is 4.79 Å². The van der Waals surface area contributed by atoms with Gasteiger partial charge in [0, 0.05) is 32.2 Å². The molecule has 0 bridgehead atoms. The Bertz CT molecular complexity index is 449. The highest BCUT2D eigenvalue weighted by Crippen LogP contribution is 2.29. The minimum Gasteiger partial charge on any atom is -0.378 e. The van der Waals surface area contributed by atoms with E-state index in [1.54, 1.807) is 0 Å². The third-order valence-corrected chi connectivity index (χ3v) is 3.84. The number of hydrogen-bond donors (Lipinski definition) is 1. The fourth-order valence-electron chi connectivity index (χ4n) is 2.28. The van der Waals surface area contributed by atoms with Crippen molar-refractivity contribution in [2.75, 3.05) is 39.6 Å². The van der Waals surface area contributed by atoms with Gasteiger partial charge in [-0.1, -0.05) is 12.1 Å². The van der Waals surface area contributed by atoms with Crippen LogP contribution in [0.4, 0.5) is 5.69 Å². The van der Waals surface area contributed by atoms with Crippen molar-refractivity contribution in [3.63, 3.8) is 0 Å². The molecule has 0 heterocycles. The summed E-state index contributed by atoms with van der Waals surface area (Å²) in [5.74, 6) is 0.482. The molecule has 1 amide bonds. The third-order valence-electron chi connectivity index (χ3n) is 3.84. The first-order valence-corrected chi connectivity index (χ1v) is 7.20. The highest BCUT2D eigenvalue weighted by atomic mass is 16.2. The van der Waals surface area contributed by atoms with Gasteiger partial charge in [-0.25, -0.2) is 0 Å². The summed E-state index contributed by atoms with van der Waals surface area (Å²) >= 11 is 0. The largest absolute Gasteiger partial charge is 0.378 e. The maximum atomic E-state index is 11.8. The first-order chi connectivity index (χ1) is 9.49. The topological polar surface area (TPSA) is 35.6 Å². The summed E-state index contributed by atoms with van der Waals surface area (Å²) in [6, 6.07) is 8.74. The van der Waals surface area contributed by atoms with Crippen molar-refractivity contribution in [3.8, 4) is 0 Å². The van der Waals surface area contributed by atoms with Gasteiger partial charge < -0.3 is 15.1 Å². The summed E-state index contributed by atoms with van der Waals surface area (Å²) < 4.78 is 0. The molecule has 1 aliphatic carbocycles. The predicted molar refractivity (Wildman–Crippen MR) is 82.9 cm³/mol. The molecule has 1 N–H and O–H groups in total. The van der Waals surface area contributed by atoms with Gasteiger partial charge >= 0.3 is 0 Å². The molecule has 4 heteroatoms. The van der Waals surface area contributed by atoms with Gasteiger partial charge in [-0.15, -0.1) is 0 Å². The first kappa shape index (κ1) is 14.9. The Morgan fingerprint density at radius 1 is 1.20 bits per heavy atom. The van der Waals surface area contributed by atoms with Crippen LogP contribution in [0.15, 0.2) is 24.3 Å². The zero-order chi connectivity index (χ0) is 14.7. The van der Waals surface area contributed by atoms with Crippen LogP contribution in [0, 0.1) is 5.92 Å². The van der Waals surface area contributed by atoms with E-state index in [4.69, 9.17) is 0 Å². The summed E-state index contributed by atoms with van der Waals surface area (Å²) in [5.41, 5.74) is 2.42. The van der Waals surface area contributed by atoms with Crippen LogP contribution >= 0.6 is 0 Å². The zero-order valence-corrected chi connectivity index (χ0v) is 12.9. The van der Waals surface area contributed by atoms with Crippen LogP contribution < -0.4 is 10.2 Å². The van der Waals surface area contributed by atoms with Crippen LogP contribution in [0.25, 0.3) is 0 Å². The summed E-state index contributed by atoms with van der Waals surface area (Å²) in [6.07, 6.45) is 2.10. The quantitative estimate of drug-likeness (QED) is 0.861. The lowest BCUT2D eigenvalue weighted by Crippen LogP contribution is -2.35. The van der Waals surface area contributed by atoms with Crippen molar-refractivity contribution >= 4 is 11.6 Å². The lowest BCUT2D eigenvalue weighted by Gasteiger charge is -2.25. The van der Waals surface area contributed by atoms with Gasteiger partial charge in [0.2, 0.25) is 5.91 Å². The van der Waals surface area contributed by atoms with E-state index in [0.29, 0.717) is 6.54 Å². The molecule has 0 spiro atoms. The molecule has 1 fully saturated rings. The molecular formula is C16H25N3O. The van der Waals surface area contributed by atoms with Crippen molar-refractivity contribution in [1.82, 2.24) is 10.2 Å². The smallest absolute Gasteiger partial charge is 0.223 e. The van der Waals surface area contributed by atoms with E-state index in [1.807, 2.05) is 28.2 Å². The Kier molecular flexibility index (Phi) is 4.65. The Morgan fingerprint density at radius 2 is 1.80 bits per heavy atom. The number of amides is 1. The van der Waals surface area contributed by atoms with Crippen LogP contribution in [0.1, 0.15) is 24.4 Å². The summed E-state index contributed by atoms with van der Waals surface area (Å²) in [4.78, 5) is 16.0. The highest BCUT2D eigenvalue weighted by molar-refractivity contribution is 5.80. The molecule has 2 rings (SSSR count). The van der Waals surface area contributed by atoms with Gasteiger partial charge in [0.25, 0.3) is 0 Å². The van der Waals surface area contributed by atoms with Crippen LogP contribution in [0.2, 0.25) is 0 Å². The maximum absolute atomic E-state index is 11.8. The molecule has 110 valence electrons. The molecule has 0 saturated heterocycles.